The second kappa shape index (κ2) is 16.0. The van der Waals surface area contributed by atoms with Gasteiger partial charge in [-0.3, -0.25) is 0 Å². The van der Waals surface area contributed by atoms with Crippen molar-refractivity contribution >= 4 is 27.8 Å². The summed E-state index contributed by atoms with van der Waals surface area (Å²) < 4.78 is 0. The summed E-state index contributed by atoms with van der Waals surface area (Å²) in [4.78, 5) is 2.40. The molecule has 0 amide bonds. The topological polar surface area (TPSA) is 3.24 Å². The third kappa shape index (κ3) is 7.12. The first-order chi connectivity index (χ1) is 29.3. The summed E-state index contributed by atoms with van der Waals surface area (Å²) in [5.41, 5.74) is 17.6. The van der Waals surface area contributed by atoms with E-state index in [-0.39, 0.29) is 0 Å². The van der Waals surface area contributed by atoms with E-state index < -0.39 is 0 Å². The van der Waals surface area contributed by atoms with Crippen molar-refractivity contribution in [2.24, 2.45) is 0 Å². The third-order valence-corrected chi connectivity index (χ3v) is 11.3. The molecule has 0 radical (unpaired) electrons. The molecule has 0 fully saturated rings. The van der Waals surface area contributed by atoms with Gasteiger partial charge in [-0.15, -0.1) is 0 Å². The Hall–Kier alpha value is -7.74. The van der Waals surface area contributed by atoms with Crippen molar-refractivity contribution in [1.29, 1.82) is 0 Å². The van der Waals surface area contributed by atoms with E-state index in [1.165, 1.54) is 72.0 Å². The molecule has 1 heteroatoms. The molecule has 0 atom stereocenters. The fourth-order valence-corrected chi connectivity index (χ4v) is 8.42. The van der Waals surface area contributed by atoms with E-state index in [1.807, 2.05) is 0 Å². The van der Waals surface area contributed by atoms with E-state index >= 15 is 0 Å². The zero-order valence-corrected chi connectivity index (χ0v) is 32.6. The fraction of sp³-hybridized carbons (Fsp3) is 0. The Kier molecular flexibility index (Phi) is 9.68. The summed E-state index contributed by atoms with van der Waals surface area (Å²) in [5, 5.41) is 2.50. The van der Waals surface area contributed by atoms with E-state index in [9.17, 15) is 0 Å². The van der Waals surface area contributed by atoms with Gasteiger partial charge in [0.05, 0.1) is 5.69 Å². The minimum absolute atomic E-state index is 1.09. The molecule has 0 N–H and O–H groups in total. The molecule has 0 aliphatic rings. The second-order valence-corrected chi connectivity index (χ2v) is 14.9. The minimum Gasteiger partial charge on any atom is -0.310 e. The Bertz CT molecular complexity index is 3000. The zero-order chi connectivity index (χ0) is 39.4. The van der Waals surface area contributed by atoms with E-state index in [2.05, 4.69) is 254 Å². The lowest BCUT2D eigenvalue weighted by Gasteiger charge is -2.29. The molecule has 0 spiro atoms. The average molecular weight is 752 g/mol. The maximum Gasteiger partial charge on any atom is 0.0540 e. The summed E-state index contributed by atoms with van der Waals surface area (Å²) in [6, 6.07) is 89.8. The minimum atomic E-state index is 1.09. The monoisotopic (exact) mass is 751 g/mol. The van der Waals surface area contributed by atoms with Gasteiger partial charge in [0.2, 0.25) is 0 Å². The largest absolute Gasteiger partial charge is 0.310 e. The second-order valence-electron chi connectivity index (χ2n) is 14.9. The van der Waals surface area contributed by atoms with Gasteiger partial charge in [-0.2, -0.15) is 0 Å². The van der Waals surface area contributed by atoms with Crippen molar-refractivity contribution in [2.45, 2.75) is 0 Å². The van der Waals surface area contributed by atoms with Crippen LogP contribution in [0.3, 0.4) is 0 Å². The van der Waals surface area contributed by atoms with Gasteiger partial charge in [0, 0.05) is 16.9 Å². The lowest BCUT2D eigenvalue weighted by molar-refractivity contribution is 1.28. The van der Waals surface area contributed by atoms with Crippen molar-refractivity contribution in [3.8, 4) is 66.8 Å². The molecule has 0 unspecified atom stereocenters. The van der Waals surface area contributed by atoms with Crippen LogP contribution in [0.5, 0.6) is 0 Å². The SMILES string of the molecule is c1ccc(-c2ccc(-c3ccccc3-c3ccccc3-c3ccccc3N(c3ccc(-c4ccccc4)cc3)c3ccc(-c4cccc5ccccc45)cc3)cc2)cc1. The molecule has 0 saturated carbocycles. The van der Waals surface area contributed by atoms with E-state index in [0.29, 0.717) is 0 Å². The maximum absolute atomic E-state index is 2.40. The third-order valence-electron chi connectivity index (χ3n) is 11.3. The van der Waals surface area contributed by atoms with Crippen molar-refractivity contribution in [1.82, 2.24) is 0 Å². The van der Waals surface area contributed by atoms with E-state index in [1.54, 1.807) is 0 Å². The maximum atomic E-state index is 2.40. The molecule has 0 aromatic heterocycles. The van der Waals surface area contributed by atoms with Gasteiger partial charge in [0.1, 0.15) is 0 Å². The van der Waals surface area contributed by atoms with Crippen molar-refractivity contribution in [3.05, 3.63) is 249 Å². The highest BCUT2D eigenvalue weighted by Crippen LogP contribution is 2.46. The van der Waals surface area contributed by atoms with Crippen LogP contribution in [-0.4, -0.2) is 0 Å². The summed E-state index contributed by atoms with van der Waals surface area (Å²) in [6.07, 6.45) is 0. The Morgan fingerprint density at radius 1 is 0.203 bits per heavy atom. The van der Waals surface area contributed by atoms with Crippen LogP contribution in [0.1, 0.15) is 0 Å². The zero-order valence-electron chi connectivity index (χ0n) is 32.6. The molecule has 0 saturated heterocycles. The first-order valence-corrected chi connectivity index (χ1v) is 20.3. The highest BCUT2D eigenvalue weighted by Gasteiger charge is 2.20. The van der Waals surface area contributed by atoms with Gasteiger partial charge >= 0.3 is 0 Å². The number of benzene rings is 10. The number of hydrogen-bond donors (Lipinski definition) is 0. The van der Waals surface area contributed by atoms with Gasteiger partial charge in [-0.05, 0) is 102 Å². The van der Waals surface area contributed by atoms with Gasteiger partial charge in [0.15, 0.2) is 0 Å². The van der Waals surface area contributed by atoms with Gasteiger partial charge < -0.3 is 4.90 Å². The molecular weight excluding hydrogens is 711 g/mol. The standard InChI is InChI=1S/C58H41N/c1-3-16-42(17-4-1)44-30-32-47(33-31-44)53-23-9-10-24-54(53)55-25-11-12-26-56(55)57-27-13-14-29-58(57)59(49-38-34-45(35-39-49)43-18-5-2-6-19-43)50-40-36-48(37-41-50)52-28-15-21-46-20-7-8-22-51(46)52/h1-41H. The first kappa shape index (κ1) is 35.7. The van der Waals surface area contributed by atoms with Gasteiger partial charge in [0.25, 0.3) is 0 Å². The first-order valence-electron chi connectivity index (χ1n) is 20.3. The molecule has 0 bridgehead atoms. The summed E-state index contributed by atoms with van der Waals surface area (Å²) in [6.45, 7) is 0. The molecule has 278 valence electrons. The average Bonchev–Trinajstić information content (AvgIpc) is 3.33. The highest BCUT2D eigenvalue weighted by molar-refractivity contribution is 5.99. The Morgan fingerprint density at radius 3 is 1.17 bits per heavy atom. The molecule has 10 aromatic carbocycles. The molecule has 0 aliphatic heterocycles. The van der Waals surface area contributed by atoms with Crippen molar-refractivity contribution < 1.29 is 0 Å². The number of hydrogen-bond acceptors (Lipinski definition) is 1. The Labute approximate surface area is 346 Å². The fourth-order valence-electron chi connectivity index (χ4n) is 8.42. The van der Waals surface area contributed by atoms with Crippen LogP contribution in [0.2, 0.25) is 0 Å². The molecule has 0 aliphatic carbocycles. The summed E-state index contributed by atoms with van der Waals surface area (Å²) in [7, 11) is 0. The summed E-state index contributed by atoms with van der Waals surface area (Å²) in [5.74, 6) is 0. The number of para-hydroxylation sites is 1. The van der Waals surface area contributed by atoms with Gasteiger partial charge in [-0.25, -0.2) is 0 Å². The number of rotatable bonds is 9. The lowest BCUT2D eigenvalue weighted by atomic mass is 9.88. The number of fused-ring (bicyclic) bond motifs is 1. The van der Waals surface area contributed by atoms with E-state index in [0.717, 1.165) is 22.6 Å². The summed E-state index contributed by atoms with van der Waals surface area (Å²) >= 11 is 0. The molecule has 1 nitrogen and oxygen atoms in total. The van der Waals surface area contributed by atoms with Crippen molar-refractivity contribution in [2.75, 3.05) is 4.90 Å². The van der Waals surface area contributed by atoms with Crippen LogP contribution >= 0.6 is 0 Å². The van der Waals surface area contributed by atoms with Crippen LogP contribution < -0.4 is 4.90 Å². The predicted octanol–water partition coefficient (Wildman–Crippen LogP) is 16.3. The highest BCUT2D eigenvalue weighted by atomic mass is 15.1. The van der Waals surface area contributed by atoms with E-state index in [4.69, 9.17) is 0 Å². The van der Waals surface area contributed by atoms with Crippen molar-refractivity contribution in [3.63, 3.8) is 0 Å². The molecule has 0 heterocycles. The Morgan fingerprint density at radius 2 is 0.559 bits per heavy atom. The molecule has 59 heavy (non-hydrogen) atoms. The number of nitrogens with zero attached hydrogens (tertiary/aromatic N) is 1. The smallest absolute Gasteiger partial charge is 0.0540 e. The van der Waals surface area contributed by atoms with Crippen LogP contribution in [0.15, 0.2) is 249 Å². The normalized spacial score (nSPS) is 11.1. The number of anilines is 3. The predicted molar refractivity (Wildman–Crippen MR) is 251 cm³/mol. The van der Waals surface area contributed by atoms with Crippen LogP contribution in [0.4, 0.5) is 17.1 Å². The van der Waals surface area contributed by atoms with Crippen LogP contribution in [-0.2, 0) is 0 Å². The quantitative estimate of drug-likeness (QED) is 0.142. The Balaban J connectivity index is 1.09. The lowest BCUT2D eigenvalue weighted by Crippen LogP contribution is -2.11. The molecule has 10 aromatic rings. The molecular formula is C58H41N. The van der Waals surface area contributed by atoms with Gasteiger partial charge in [-0.1, -0.05) is 218 Å². The molecule has 10 rings (SSSR count). The van der Waals surface area contributed by atoms with Crippen LogP contribution in [0, 0.1) is 0 Å². The van der Waals surface area contributed by atoms with Crippen LogP contribution in [0.25, 0.3) is 77.5 Å².